The predicted molar refractivity (Wildman–Crippen MR) is 92.9 cm³/mol. The second-order valence-corrected chi connectivity index (χ2v) is 5.76. The number of fused-ring (bicyclic) bond motifs is 1. The maximum atomic E-state index is 4.62. The first-order chi connectivity index (χ1) is 10.8. The third kappa shape index (κ3) is 2.46. The Morgan fingerprint density at radius 3 is 2.45 bits per heavy atom. The van der Waals surface area contributed by atoms with Crippen LogP contribution in [-0.4, -0.2) is 37.5 Å². The van der Waals surface area contributed by atoms with Gasteiger partial charge in [-0.1, -0.05) is 36.4 Å². The van der Waals surface area contributed by atoms with E-state index < -0.39 is 0 Å². The summed E-state index contributed by atoms with van der Waals surface area (Å²) in [7, 11) is 4.20. The molecule has 0 N–H and O–H groups in total. The van der Waals surface area contributed by atoms with Crippen molar-refractivity contribution in [2.24, 2.45) is 0 Å². The number of aromatic nitrogens is 1. The molecule has 0 unspecified atom stereocenters. The second-order valence-electron chi connectivity index (χ2n) is 5.76. The number of benzene rings is 2. The molecular formula is C18H17BN3. The molecule has 4 heteroatoms. The van der Waals surface area contributed by atoms with Crippen LogP contribution in [0.25, 0.3) is 21.9 Å². The minimum Gasteiger partial charge on any atom is -0.388 e. The van der Waals surface area contributed by atoms with Gasteiger partial charge in [0.2, 0.25) is 0 Å². The highest BCUT2D eigenvalue weighted by molar-refractivity contribution is 6.39. The van der Waals surface area contributed by atoms with E-state index in [4.69, 9.17) is 0 Å². The topological polar surface area (TPSA) is 19.4 Å². The van der Waals surface area contributed by atoms with Gasteiger partial charge in [0.25, 0.3) is 0 Å². The van der Waals surface area contributed by atoms with E-state index in [-0.39, 0.29) is 0 Å². The smallest absolute Gasteiger partial charge is 0.353 e. The molecule has 1 aromatic heterocycles. The SMILES string of the molecule is CN1[B]N(c2ccc(-c3ccc4ccccc4c3)cn2)CC1. The Morgan fingerprint density at radius 2 is 1.73 bits per heavy atom. The fourth-order valence-corrected chi connectivity index (χ4v) is 2.89. The maximum Gasteiger partial charge on any atom is 0.353 e. The third-order valence-corrected chi connectivity index (χ3v) is 4.16. The second kappa shape index (κ2) is 5.46. The van der Waals surface area contributed by atoms with E-state index in [1.807, 2.05) is 6.20 Å². The van der Waals surface area contributed by atoms with Gasteiger partial charge in [0.1, 0.15) is 5.82 Å². The van der Waals surface area contributed by atoms with Crippen molar-refractivity contribution in [2.75, 3.05) is 24.9 Å². The molecule has 1 fully saturated rings. The van der Waals surface area contributed by atoms with E-state index in [2.05, 4.69) is 83.8 Å². The Bertz CT molecular complexity index is 801. The quantitative estimate of drug-likeness (QED) is 0.674. The molecule has 3 nitrogen and oxygen atoms in total. The lowest BCUT2D eigenvalue weighted by Crippen LogP contribution is -2.27. The zero-order valence-electron chi connectivity index (χ0n) is 12.6. The Hall–Kier alpha value is -2.33. The highest BCUT2D eigenvalue weighted by atomic mass is 15.3. The van der Waals surface area contributed by atoms with Crippen molar-refractivity contribution < 1.29 is 0 Å². The summed E-state index contributed by atoms with van der Waals surface area (Å²) in [5, 5.41) is 2.53. The van der Waals surface area contributed by atoms with Gasteiger partial charge in [-0.05, 0) is 41.6 Å². The fourth-order valence-electron chi connectivity index (χ4n) is 2.89. The summed E-state index contributed by atoms with van der Waals surface area (Å²) in [6, 6.07) is 19.2. The Balaban J connectivity index is 1.64. The van der Waals surface area contributed by atoms with Crippen molar-refractivity contribution in [3.05, 3.63) is 60.8 Å². The molecule has 2 heterocycles. The van der Waals surface area contributed by atoms with E-state index in [0.29, 0.717) is 0 Å². The molecule has 4 rings (SSSR count). The summed E-state index contributed by atoms with van der Waals surface area (Å²) in [5.74, 6) is 1.01. The largest absolute Gasteiger partial charge is 0.388 e. The van der Waals surface area contributed by atoms with Gasteiger partial charge in [0.05, 0.1) is 0 Å². The number of rotatable bonds is 2. The molecule has 2 aromatic carbocycles. The van der Waals surface area contributed by atoms with Crippen LogP contribution >= 0.6 is 0 Å². The van der Waals surface area contributed by atoms with Crippen LogP contribution in [0.2, 0.25) is 0 Å². The predicted octanol–water partition coefficient (Wildman–Crippen LogP) is 3.19. The van der Waals surface area contributed by atoms with Crippen LogP contribution in [0.3, 0.4) is 0 Å². The van der Waals surface area contributed by atoms with Crippen molar-refractivity contribution in [3.63, 3.8) is 0 Å². The van der Waals surface area contributed by atoms with Crippen molar-refractivity contribution in [1.82, 2.24) is 9.79 Å². The minimum absolute atomic E-state index is 0.999. The summed E-state index contributed by atoms with van der Waals surface area (Å²) >= 11 is 0. The Labute approximate surface area is 131 Å². The molecule has 107 valence electrons. The average Bonchev–Trinajstić information content (AvgIpc) is 3.01. The molecule has 0 spiro atoms. The molecule has 1 aliphatic heterocycles. The molecule has 1 saturated heterocycles. The van der Waals surface area contributed by atoms with Crippen LogP contribution in [0.15, 0.2) is 60.8 Å². The highest BCUT2D eigenvalue weighted by Crippen LogP contribution is 2.25. The first kappa shape index (κ1) is 13.3. The summed E-state index contributed by atoms with van der Waals surface area (Å²) in [6.45, 7) is 2.05. The van der Waals surface area contributed by atoms with Gasteiger partial charge in [-0.25, -0.2) is 4.98 Å². The molecular weight excluding hydrogens is 269 g/mol. The number of pyridine rings is 1. The molecule has 1 aliphatic rings. The fraction of sp³-hybridized carbons (Fsp3) is 0.167. The highest BCUT2D eigenvalue weighted by Gasteiger charge is 2.20. The van der Waals surface area contributed by atoms with Crippen molar-refractivity contribution in [1.29, 1.82) is 0 Å². The molecule has 0 saturated carbocycles. The van der Waals surface area contributed by atoms with Crippen LogP contribution in [-0.2, 0) is 0 Å². The first-order valence-corrected chi connectivity index (χ1v) is 7.57. The minimum atomic E-state index is 0.999. The molecule has 0 bridgehead atoms. The number of nitrogens with zero attached hydrogens (tertiary/aromatic N) is 3. The van der Waals surface area contributed by atoms with Crippen LogP contribution < -0.4 is 4.81 Å². The van der Waals surface area contributed by atoms with Crippen LogP contribution in [0.5, 0.6) is 0 Å². The van der Waals surface area contributed by atoms with Gasteiger partial charge in [-0.3, -0.25) is 0 Å². The first-order valence-electron chi connectivity index (χ1n) is 7.57. The monoisotopic (exact) mass is 286 g/mol. The summed E-state index contributed by atoms with van der Waals surface area (Å²) in [6.07, 6.45) is 1.96. The van der Waals surface area contributed by atoms with E-state index in [1.165, 1.54) is 16.3 Å². The Morgan fingerprint density at radius 1 is 0.909 bits per heavy atom. The van der Waals surface area contributed by atoms with Crippen molar-refractivity contribution in [3.8, 4) is 11.1 Å². The van der Waals surface area contributed by atoms with Crippen molar-refractivity contribution in [2.45, 2.75) is 0 Å². The number of hydrogen-bond acceptors (Lipinski definition) is 3. The van der Waals surface area contributed by atoms with Crippen LogP contribution in [0.4, 0.5) is 5.82 Å². The molecule has 0 atom stereocenters. The molecule has 3 aromatic rings. The lowest BCUT2D eigenvalue weighted by Gasteiger charge is -2.15. The van der Waals surface area contributed by atoms with Gasteiger partial charge in [-0.2, -0.15) is 0 Å². The zero-order chi connectivity index (χ0) is 14.9. The normalized spacial score (nSPS) is 15.2. The number of hydrogen-bond donors (Lipinski definition) is 0. The van der Waals surface area contributed by atoms with Gasteiger partial charge in [0.15, 0.2) is 0 Å². The Kier molecular flexibility index (Phi) is 3.31. The summed E-state index contributed by atoms with van der Waals surface area (Å²) < 4.78 is 0. The molecule has 0 amide bonds. The molecule has 1 radical (unpaired) electrons. The lowest BCUT2D eigenvalue weighted by molar-refractivity contribution is 0.590. The van der Waals surface area contributed by atoms with Gasteiger partial charge >= 0.3 is 7.55 Å². The average molecular weight is 286 g/mol. The van der Waals surface area contributed by atoms with Crippen LogP contribution in [0.1, 0.15) is 0 Å². The van der Waals surface area contributed by atoms with Gasteiger partial charge in [0, 0.05) is 24.8 Å². The van der Waals surface area contributed by atoms with E-state index in [0.717, 1.165) is 24.5 Å². The lowest BCUT2D eigenvalue weighted by atomic mass is 10.0. The molecule has 22 heavy (non-hydrogen) atoms. The van der Waals surface area contributed by atoms with Gasteiger partial charge in [-0.15, -0.1) is 0 Å². The van der Waals surface area contributed by atoms with Crippen molar-refractivity contribution >= 4 is 24.1 Å². The van der Waals surface area contributed by atoms with Crippen LogP contribution in [0, 0.1) is 0 Å². The maximum absolute atomic E-state index is 4.62. The van der Waals surface area contributed by atoms with E-state index in [1.54, 1.807) is 0 Å². The summed E-state index contributed by atoms with van der Waals surface area (Å²) in [5.41, 5.74) is 2.36. The van der Waals surface area contributed by atoms with Gasteiger partial charge < -0.3 is 9.62 Å². The number of likely N-dealkylation sites (N-methyl/N-ethyl adjacent to an activating group) is 1. The third-order valence-electron chi connectivity index (χ3n) is 4.16. The van der Waals surface area contributed by atoms with E-state index in [9.17, 15) is 0 Å². The standard InChI is InChI=1S/C18H17BN3/c1-21-10-11-22(19-21)18-9-8-17(13-20-18)16-7-6-14-4-2-3-5-15(14)12-16/h2-9,12-13H,10-11H2,1H3. The zero-order valence-corrected chi connectivity index (χ0v) is 12.6. The van der Waals surface area contributed by atoms with E-state index >= 15 is 0 Å². The number of anilines is 1. The molecule has 0 aliphatic carbocycles. The summed E-state index contributed by atoms with van der Waals surface area (Å²) in [4.78, 5) is 8.98.